The number of hydrogen-bond donors (Lipinski definition) is 1. The first-order valence-corrected chi connectivity index (χ1v) is 9.29. The second-order valence-electron chi connectivity index (χ2n) is 6.86. The summed E-state index contributed by atoms with van der Waals surface area (Å²) in [5.41, 5.74) is 0.788. The number of hydrogen-bond acceptors (Lipinski definition) is 3. The van der Waals surface area contributed by atoms with E-state index < -0.39 is 17.8 Å². The third-order valence-corrected chi connectivity index (χ3v) is 4.32. The molecule has 8 heteroatoms. The fraction of sp³-hybridized carbons (Fsp3) is 0.526. The molecule has 0 fully saturated rings. The molecular weight excluding hydrogens is 379 g/mol. The average Bonchev–Trinajstić information content (AvgIpc) is 3.01. The van der Waals surface area contributed by atoms with Crippen LogP contribution in [0.1, 0.15) is 44.7 Å². The summed E-state index contributed by atoms with van der Waals surface area (Å²) in [6.45, 7) is 6.90. The predicted molar refractivity (Wildman–Crippen MR) is 101 cm³/mol. The Bertz CT molecular complexity index is 759. The SMILES string of the molecule is CCCCN(C)Cc1cn[nH]c1-c1cc(Cl)c(OC(C)C)c(C(F)(F)F)c1. The van der Waals surface area contributed by atoms with Crippen LogP contribution in [-0.2, 0) is 12.7 Å². The second kappa shape index (κ2) is 8.97. The summed E-state index contributed by atoms with van der Waals surface area (Å²) < 4.78 is 46.1. The summed E-state index contributed by atoms with van der Waals surface area (Å²) in [4.78, 5) is 2.11. The molecule has 1 aromatic carbocycles. The molecule has 4 nitrogen and oxygen atoms in total. The van der Waals surface area contributed by atoms with Crippen LogP contribution in [0.4, 0.5) is 13.2 Å². The number of unbranched alkanes of at least 4 members (excludes halogenated alkanes) is 1. The predicted octanol–water partition coefficient (Wildman–Crippen LogP) is 5.77. The molecular formula is C19H25ClF3N3O. The topological polar surface area (TPSA) is 41.2 Å². The van der Waals surface area contributed by atoms with Gasteiger partial charge in [0.15, 0.2) is 5.75 Å². The van der Waals surface area contributed by atoms with Crippen molar-refractivity contribution in [2.24, 2.45) is 0 Å². The highest BCUT2D eigenvalue weighted by molar-refractivity contribution is 6.32. The number of nitrogens with one attached hydrogen (secondary N) is 1. The molecule has 0 amide bonds. The van der Waals surface area contributed by atoms with Gasteiger partial charge in [-0.05, 0) is 46.0 Å². The Labute approximate surface area is 162 Å². The third-order valence-electron chi connectivity index (χ3n) is 4.04. The first-order chi connectivity index (χ1) is 12.6. The second-order valence-corrected chi connectivity index (χ2v) is 7.27. The molecule has 0 saturated heterocycles. The van der Waals surface area contributed by atoms with Crippen LogP contribution in [0.25, 0.3) is 11.3 Å². The molecule has 27 heavy (non-hydrogen) atoms. The van der Waals surface area contributed by atoms with E-state index in [0.717, 1.165) is 31.0 Å². The van der Waals surface area contributed by atoms with Crippen molar-refractivity contribution < 1.29 is 17.9 Å². The molecule has 1 heterocycles. The lowest BCUT2D eigenvalue weighted by atomic mass is 10.0. The Hall–Kier alpha value is -1.73. The highest BCUT2D eigenvalue weighted by atomic mass is 35.5. The Morgan fingerprint density at radius 3 is 2.59 bits per heavy atom. The third kappa shape index (κ3) is 5.62. The van der Waals surface area contributed by atoms with Gasteiger partial charge in [-0.1, -0.05) is 24.9 Å². The van der Waals surface area contributed by atoms with Crippen LogP contribution in [0.3, 0.4) is 0 Å². The number of halogens is 4. The van der Waals surface area contributed by atoms with Crippen molar-refractivity contribution in [2.75, 3.05) is 13.6 Å². The van der Waals surface area contributed by atoms with Gasteiger partial charge in [-0.3, -0.25) is 5.10 Å². The van der Waals surface area contributed by atoms with Crippen molar-refractivity contribution in [1.82, 2.24) is 15.1 Å². The van der Waals surface area contributed by atoms with Gasteiger partial charge in [0.1, 0.15) is 0 Å². The zero-order valence-electron chi connectivity index (χ0n) is 16.0. The van der Waals surface area contributed by atoms with Gasteiger partial charge in [-0.15, -0.1) is 0 Å². The number of nitrogens with zero attached hydrogens (tertiary/aromatic N) is 2. The number of alkyl halides is 3. The summed E-state index contributed by atoms with van der Waals surface area (Å²) in [7, 11) is 1.97. The van der Waals surface area contributed by atoms with Gasteiger partial charge in [0.2, 0.25) is 0 Å². The van der Waals surface area contributed by atoms with Crippen molar-refractivity contribution in [3.8, 4) is 17.0 Å². The van der Waals surface area contributed by atoms with Gasteiger partial charge in [-0.25, -0.2) is 0 Å². The van der Waals surface area contributed by atoms with E-state index in [0.29, 0.717) is 17.8 Å². The van der Waals surface area contributed by atoms with Crippen LogP contribution >= 0.6 is 11.6 Å². The molecule has 0 aliphatic rings. The van der Waals surface area contributed by atoms with Gasteiger partial charge in [0.25, 0.3) is 0 Å². The maximum absolute atomic E-state index is 13.6. The quantitative estimate of drug-likeness (QED) is 0.608. The maximum atomic E-state index is 13.6. The molecule has 2 aromatic rings. The van der Waals surface area contributed by atoms with Crippen LogP contribution < -0.4 is 4.74 Å². The number of H-pyrrole nitrogens is 1. The zero-order chi connectivity index (χ0) is 20.2. The molecule has 1 aromatic heterocycles. The smallest absolute Gasteiger partial charge is 0.420 e. The van der Waals surface area contributed by atoms with Crippen molar-refractivity contribution in [3.05, 3.63) is 34.5 Å². The normalized spacial score (nSPS) is 12.2. The number of rotatable bonds is 8. The molecule has 0 spiro atoms. The van der Waals surface area contributed by atoms with Crippen LogP contribution in [0, 0.1) is 0 Å². The minimum absolute atomic E-state index is 0.0755. The van der Waals surface area contributed by atoms with Crippen LogP contribution in [0.15, 0.2) is 18.3 Å². The van der Waals surface area contributed by atoms with E-state index in [1.54, 1.807) is 20.0 Å². The summed E-state index contributed by atoms with van der Waals surface area (Å²) in [6, 6.07) is 2.55. The van der Waals surface area contributed by atoms with Gasteiger partial charge >= 0.3 is 6.18 Å². The Morgan fingerprint density at radius 2 is 2.00 bits per heavy atom. The van der Waals surface area contributed by atoms with Crippen molar-refractivity contribution in [3.63, 3.8) is 0 Å². The van der Waals surface area contributed by atoms with Gasteiger partial charge < -0.3 is 9.64 Å². The lowest BCUT2D eigenvalue weighted by Gasteiger charge is -2.20. The zero-order valence-corrected chi connectivity index (χ0v) is 16.7. The van der Waals surface area contributed by atoms with Crippen molar-refractivity contribution in [2.45, 2.75) is 52.4 Å². The summed E-state index contributed by atoms with van der Waals surface area (Å²) in [6.07, 6.45) is -1.25. The van der Waals surface area contributed by atoms with E-state index in [-0.39, 0.29) is 10.8 Å². The minimum atomic E-state index is -4.58. The highest BCUT2D eigenvalue weighted by Crippen LogP contribution is 2.43. The molecule has 0 unspecified atom stereocenters. The van der Waals surface area contributed by atoms with E-state index in [1.165, 1.54) is 6.07 Å². The molecule has 0 saturated carbocycles. The molecule has 2 rings (SSSR count). The molecule has 1 N–H and O–H groups in total. The number of aromatic nitrogens is 2. The van der Waals surface area contributed by atoms with Gasteiger partial charge in [-0.2, -0.15) is 18.3 Å². The number of aromatic amines is 1. The Morgan fingerprint density at radius 1 is 1.30 bits per heavy atom. The van der Waals surface area contributed by atoms with E-state index in [1.807, 2.05) is 7.05 Å². The minimum Gasteiger partial charge on any atom is -0.489 e. The number of ether oxygens (including phenoxy) is 1. The Balaban J connectivity index is 2.43. The molecule has 0 radical (unpaired) electrons. The van der Waals surface area contributed by atoms with E-state index in [9.17, 15) is 13.2 Å². The highest BCUT2D eigenvalue weighted by Gasteiger charge is 2.36. The fourth-order valence-electron chi connectivity index (χ4n) is 2.78. The Kier molecular flexibility index (Phi) is 7.17. The van der Waals surface area contributed by atoms with Crippen LogP contribution in [0.5, 0.6) is 5.75 Å². The lowest BCUT2D eigenvalue weighted by molar-refractivity contribution is -0.139. The summed E-state index contributed by atoms with van der Waals surface area (Å²) >= 11 is 6.16. The number of benzene rings is 1. The molecule has 0 atom stereocenters. The van der Waals surface area contributed by atoms with Gasteiger partial charge in [0.05, 0.1) is 28.6 Å². The first kappa shape index (κ1) is 21.6. The standard InChI is InChI=1S/C19H25ClF3N3O/c1-5-6-7-26(4)11-14-10-24-25-17(14)13-8-15(19(21,22)23)18(16(20)9-13)27-12(2)3/h8-10,12H,5-7,11H2,1-4H3,(H,24,25). The van der Waals surface area contributed by atoms with E-state index in [4.69, 9.17) is 16.3 Å². The first-order valence-electron chi connectivity index (χ1n) is 8.92. The monoisotopic (exact) mass is 403 g/mol. The lowest BCUT2D eigenvalue weighted by Crippen LogP contribution is -2.19. The maximum Gasteiger partial charge on any atom is 0.420 e. The molecule has 0 aliphatic heterocycles. The van der Waals surface area contributed by atoms with E-state index in [2.05, 4.69) is 22.0 Å². The largest absolute Gasteiger partial charge is 0.489 e. The fourth-order valence-corrected chi connectivity index (χ4v) is 3.05. The summed E-state index contributed by atoms with van der Waals surface area (Å²) in [5.74, 6) is -0.343. The van der Waals surface area contributed by atoms with Crippen LogP contribution in [0.2, 0.25) is 5.02 Å². The van der Waals surface area contributed by atoms with Gasteiger partial charge in [0, 0.05) is 17.7 Å². The van der Waals surface area contributed by atoms with Crippen molar-refractivity contribution >= 4 is 11.6 Å². The van der Waals surface area contributed by atoms with E-state index >= 15 is 0 Å². The van der Waals surface area contributed by atoms with Crippen LogP contribution in [-0.4, -0.2) is 34.8 Å². The molecule has 150 valence electrons. The molecule has 0 aliphatic carbocycles. The van der Waals surface area contributed by atoms with Crippen molar-refractivity contribution in [1.29, 1.82) is 0 Å². The molecule has 0 bridgehead atoms. The summed E-state index contributed by atoms with van der Waals surface area (Å²) in [5, 5.41) is 6.75. The average molecular weight is 404 g/mol.